The van der Waals surface area contributed by atoms with E-state index in [1.807, 2.05) is 6.92 Å². The summed E-state index contributed by atoms with van der Waals surface area (Å²) in [6.07, 6.45) is 16.6. The summed E-state index contributed by atoms with van der Waals surface area (Å²) < 4.78 is 34.4. The van der Waals surface area contributed by atoms with E-state index < -0.39 is 11.6 Å². The highest BCUT2D eigenvalue weighted by Gasteiger charge is 2.29. The van der Waals surface area contributed by atoms with E-state index in [1.165, 1.54) is 25.7 Å². The smallest absolute Gasteiger partial charge is 0.201 e. The van der Waals surface area contributed by atoms with Crippen molar-refractivity contribution >= 4 is 5.57 Å². The first-order valence-electron chi connectivity index (χ1n) is 11.1. The topological polar surface area (TPSA) is 9.23 Å². The zero-order chi connectivity index (χ0) is 19.9. The lowest BCUT2D eigenvalue weighted by atomic mass is 9.71. The molecule has 0 N–H and O–H groups in total. The molecule has 0 radical (unpaired) electrons. The Morgan fingerprint density at radius 3 is 2.46 bits per heavy atom. The third-order valence-electron chi connectivity index (χ3n) is 6.55. The van der Waals surface area contributed by atoms with E-state index >= 15 is 0 Å². The van der Waals surface area contributed by atoms with Crippen LogP contribution in [0.1, 0.15) is 77.2 Å². The van der Waals surface area contributed by atoms with Gasteiger partial charge in [-0.05, 0) is 93.7 Å². The van der Waals surface area contributed by atoms with Crippen molar-refractivity contribution < 1.29 is 13.5 Å². The van der Waals surface area contributed by atoms with Gasteiger partial charge in [0.05, 0.1) is 6.61 Å². The quantitative estimate of drug-likeness (QED) is 0.343. The Morgan fingerprint density at radius 1 is 1.04 bits per heavy atom. The Morgan fingerprint density at radius 2 is 1.82 bits per heavy atom. The summed E-state index contributed by atoms with van der Waals surface area (Å²) in [5, 5.41) is 0. The fraction of sp³-hybridized carbons (Fsp3) is 0.600. The zero-order valence-electron chi connectivity index (χ0n) is 17.4. The van der Waals surface area contributed by atoms with Gasteiger partial charge in [0.1, 0.15) is 0 Å². The molecule has 1 saturated carbocycles. The molecule has 1 aromatic rings. The predicted octanol–water partition coefficient (Wildman–Crippen LogP) is 7.71. The Kier molecular flexibility index (Phi) is 7.70. The van der Waals surface area contributed by atoms with Gasteiger partial charge in [-0.15, -0.1) is 0 Å². The van der Waals surface area contributed by atoms with Crippen LogP contribution in [-0.4, -0.2) is 6.61 Å². The molecule has 0 heterocycles. The maximum atomic E-state index is 14.6. The van der Waals surface area contributed by atoms with E-state index in [0.29, 0.717) is 18.1 Å². The van der Waals surface area contributed by atoms with Gasteiger partial charge in [0.2, 0.25) is 5.82 Å². The minimum atomic E-state index is -0.848. The number of hydrogen-bond acceptors (Lipinski definition) is 1. The summed E-state index contributed by atoms with van der Waals surface area (Å²) in [6.45, 7) is 4.57. The number of hydrogen-bond donors (Lipinski definition) is 0. The average Bonchev–Trinajstić information content (AvgIpc) is 2.72. The van der Waals surface area contributed by atoms with E-state index in [4.69, 9.17) is 4.74 Å². The molecule has 2 aliphatic rings. The summed E-state index contributed by atoms with van der Waals surface area (Å²) >= 11 is 0. The van der Waals surface area contributed by atoms with E-state index in [9.17, 15) is 8.78 Å². The molecule has 2 aliphatic carbocycles. The summed E-state index contributed by atoms with van der Waals surface area (Å²) in [5.41, 5.74) is 1.37. The predicted molar refractivity (Wildman–Crippen MR) is 112 cm³/mol. The number of ether oxygens (including phenoxy) is 1. The van der Waals surface area contributed by atoms with Gasteiger partial charge in [-0.1, -0.05) is 31.6 Å². The minimum absolute atomic E-state index is 0.0295. The van der Waals surface area contributed by atoms with Crippen LogP contribution in [0.4, 0.5) is 8.78 Å². The molecule has 3 rings (SSSR count). The molecule has 0 saturated heterocycles. The van der Waals surface area contributed by atoms with Crippen molar-refractivity contribution in [3.63, 3.8) is 0 Å². The third-order valence-corrected chi connectivity index (χ3v) is 6.55. The van der Waals surface area contributed by atoms with Crippen LogP contribution >= 0.6 is 0 Å². The Hall–Kier alpha value is -1.64. The first-order valence-corrected chi connectivity index (χ1v) is 11.1. The fourth-order valence-corrected chi connectivity index (χ4v) is 4.83. The number of allylic oxidation sites excluding steroid dienone is 4. The standard InChI is InChI=1S/C25H34F2O/c1-3-5-17-28-23-16-15-22(24(26)25(23)27)21-13-11-20(12-14-21)19-9-7-18(6-4-2)8-10-19/h4,6,13,15-16,18-20H,3,5,7-12,14,17H2,1-2H3. The molecule has 1 fully saturated rings. The second-order valence-corrected chi connectivity index (χ2v) is 8.41. The molecule has 0 bridgehead atoms. The van der Waals surface area contributed by atoms with Gasteiger partial charge in [-0.2, -0.15) is 4.39 Å². The molecule has 0 amide bonds. The third kappa shape index (κ3) is 5.04. The number of rotatable bonds is 7. The lowest BCUT2D eigenvalue weighted by Gasteiger charge is -2.35. The number of unbranched alkanes of at least 4 members (excludes halogenated alkanes) is 1. The van der Waals surface area contributed by atoms with Crippen molar-refractivity contribution in [3.8, 4) is 5.75 Å². The molecular weight excluding hydrogens is 354 g/mol. The average molecular weight is 389 g/mol. The molecule has 1 unspecified atom stereocenters. The van der Waals surface area contributed by atoms with Crippen LogP contribution in [0.5, 0.6) is 5.75 Å². The highest BCUT2D eigenvalue weighted by molar-refractivity contribution is 5.67. The van der Waals surface area contributed by atoms with Crippen LogP contribution in [0.3, 0.4) is 0 Å². The summed E-state index contributed by atoms with van der Waals surface area (Å²) in [4.78, 5) is 0. The molecule has 1 aromatic carbocycles. The van der Waals surface area contributed by atoms with Crippen molar-refractivity contribution in [1.29, 1.82) is 0 Å². The second-order valence-electron chi connectivity index (χ2n) is 8.41. The Bertz CT molecular complexity index is 699. The van der Waals surface area contributed by atoms with E-state index in [1.54, 1.807) is 12.1 Å². The molecule has 1 atom stereocenters. The molecular formula is C25H34F2O. The molecule has 0 aromatic heterocycles. The summed E-state index contributed by atoms with van der Waals surface area (Å²) in [6, 6.07) is 3.27. The largest absolute Gasteiger partial charge is 0.490 e. The van der Waals surface area contributed by atoms with Crippen LogP contribution in [0, 0.1) is 29.4 Å². The van der Waals surface area contributed by atoms with Gasteiger partial charge in [0, 0.05) is 5.56 Å². The maximum Gasteiger partial charge on any atom is 0.201 e. The van der Waals surface area contributed by atoms with Crippen molar-refractivity contribution in [3.05, 3.63) is 47.6 Å². The molecule has 28 heavy (non-hydrogen) atoms. The SMILES string of the molecule is CC=CC1CCC(C2CC=C(c3ccc(OCCCC)c(F)c3F)CC2)CC1. The van der Waals surface area contributed by atoms with Crippen LogP contribution in [0.25, 0.3) is 5.57 Å². The van der Waals surface area contributed by atoms with Gasteiger partial charge < -0.3 is 4.74 Å². The molecule has 0 spiro atoms. The molecule has 0 aliphatic heterocycles. The second kappa shape index (κ2) is 10.2. The maximum absolute atomic E-state index is 14.6. The lowest BCUT2D eigenvalue weighted by molar-refractivity contribution is 0.212. The van der Waals surface area contributed by atoms with Crippen molar-refractivity contribution in [2.45, 2.75) is 71.6 Å². The number of halogens is 2. The fourth-order valence-electron chi connectivity index (χ4n) is 4.83. The van der Waals surface area contributed by atoms with Crippen molar-refractivity contribution in [2.75, 3.05) is 6.61 Å². The van der Waals surface area contributed by atoms with Gasteiger partial charge in [-0.3, -0.25) is 0 Å². The summed E-state index contributed by atoms with van der Waals surface area (Å²) in [7, 11) is 0. The van der Waals surface area contributed by atoms with E-state index in [-0.39, 0.29) is 5.75 Å². The lowest BCUT2D eigenvalue weighted by Crippen LogP contribution is -2.22. The first kappa shape index (κ1) is 21.1. The minimum Gasteiger partial charge on any atom is -0.490 e. The highest BCUT2D eigenvalue weighted by atomic mass is 19.2. The van der Waals surface area contributed by atoms with Crippen LogP contribution < -0.4 is 4.74 Å². The van der Waals surface area contributed by atoms with Gasteiger partial charge in [-0.25, -0.2) is 4.39 Å². The van der Waals surface area contributed by atoms with E-state index in [2.05, 4.69) is 25.2 Å². The van der Waals surface area contributed by atoms with Gasteiger partial charge in [0.25, 0.3) is 0 Å². The van der Waals surface area contributed by atoms with Crippen LogP contribution in [-0.2, 0) is 0 Å². The van der Waals surface area contributed by atoms with E-state index in [0.717, 1.165) is 49.5 Å². The highest BCUT2D eigenvalue weighted by Crippen LogP contribution is 2.42. The summed E-state index contributed by atoms with van der Waals surface area (Å²) in [5.74, 6) is 0.660. The van der Waals surface area contributed by atoms with Gasteiger partial charge in [0.15, 0.2) is 11.6 Å². The zero-order valence-corrected chi connectivity index (χ0v) is 17.4. The molecule has 154 valence electrons. The molecule has 1 nitrogen and oxygen atoms in total. The molecule has 3 heteroatoms. The number of benzene rings is 1. The van der Waals surface area contributed by atoms with Crippen LogP contribution in [0.15, 0.2) is 30.4 Å². The monoisotopic (exact) mass is 388 g/mol. The van der Waals surface area contributed by atoms with Crippen molar-refractivity contribution in [2.24, 2.45) is 17.8 Å². The Labute approximate surface area is 168 Å². The van der Waals surface area contributed by atoms with Crippen LogP contribution in [0.2, 0.25) is 0 Å². The normalized spacial score (nSPS) is 25.7. The first-order chi connectivity index (χ1) is 13.6. The van der Waals surface area contributed by atoms with Crippen molar-refractivity contribution in [1.82, 2.24) is 0 Å². The Balaban J connectivity index is 1.61. The van der Waals surface area contributed by atoms with Gasteiger partial charge >= 0.3 is 0 Å².